The van der Waals surface area contributed by atoms with Gasteiger partial charge in [0.05, 0.1) is 11.0 Å². The average molecular weight is 579 g/mol. The van der Waals surface area contributed by atoms with Gasteiger partial charge in [-0.3, -0.25) is 0 Å². The molecule has 10 rings (SSSR count). The molecular formula is C44H26O. The van der Waals surface area contributed by atoms with Crippen LogP contribution in [0.2, 0.25) is 0 Å². The zero-order valence-electron chi connectivity index (χ0n) is 31.8. The summed E-state index contributed by atoms with van der Waals surface area (Å²) in [5.41, 5.74) is 2.65. The minimum Gasteiger partial charge on any atom is -0.456 e. The maximum atomic E-state index is 9.60. The Morgan fingerprint density at radius 1 is 0.378 bits per heavy atom. The van der Waals surface area contributed by atoms with Crippen molar-refractivity contribution in [3.05, 3.63) is 158 Å². The predicted octanol–water partition coefficient (Wildman–Crippen LogP) is 12.5. The second kappa shape index (κ2) is 9.29. The third kappa shape index (κ3) is 3.62. The van der Waals surface area contributed by atoms with Gasteiger partial charge in [0, 0.05) is 10.9 Å². The maximum absolute atomic E-state index is 9.60. The van der Waals surface area contributed by atoms with E-state index >= 15 is 0 Å². The van der Waals surface area contributed by atoms with E-state index in [1.54, 1.807) is 12.1 Å². The highest BCUT2D eigenvalue weighted by Gasteiger charge is 2.21. The van der Waals surface area contributed by atoms with Crippen molar-refractivity contribution in [1.82, 2.24) is 0 Å². The Morgan fingerprint density at radius 3 is 1.73 bits per heavy atom. The van der Waals surface area contributed by atoms with Gasteiger partial charge in [-0.2, -0.15) is 0 Å². The van der Waals surface area contributed by atoms with Crippen LogP contribution in [0.3, 0.4) is 0 Å². The van der Waals surface area contributed by atoms with Gasteiger partial charge in [0.2, 0.25) is 0 Å². The van der Waals surface area contributed by atoms with Crippen molar-refractivity contribution in [3.63, 3.8) is 0 Å². The molecule has 9 aromatic rings. The van der Waals surface area contributed by atoms with Crippen LogP contribution in [-0.2, 0) is 0 Å². The molecule has 0 bridgehead atoms. The fourth-order valence-electron chi connectivity index (χ4n) is 6.96. The summed E-state index contributed by atoms with van der Waals surface area (Å²) in [4.78, 5) is 0. The fourth-order valence-corrected chi connectivity index (χ4v) is 6.96. The number of benzene rings is 9. The smallest absolute Gasteiger partial charge is 0.135 e. The van der Waals surface area contributed by atoms with Crippen LogP contribution in [0, 0.1) is 0 Å². The lowest BCUT2D eigenvalue weighted by Gasteiger charge is -2.22. The normalized spacial score (nSPS) is 14.7. The summed E-state index contributed by atoms with van der Waals surface area (Å²) in [6, 6.07) is 31.8. The quantitative estimate of drug-likeness (QED) is 0.190. The lowest BCUT2D eigenvalue weighted by atomic mass is 9.88. The molecule has 1 aliphatic heterocycles. The standard InChI is InChI=1S/C44H26O/c1-2-16-40-36(13-1)38-15-6-14-37-35(23-24-41(45-40)44(37)38)33-12-5-10-31(26-33)30-9-4-11-32(25-30)34-21-19-29-18-17-27-7-3-8-28-20-22-39(34)43(29)42(27)28/h1-26H/i4D,5D,9D,10D,11D,12D,25D,26D. The first-order chi connectivity index (χ1) is 25.7. The number of ether oxygens (including phenoxy) is 1. The molecule has 1 nitrogen and oxygen atoms in total. The second-order valence-corrected chi connectivity index (χ2v) is 11.4. The van der Waals surface area contributed by atoms with Crippen molar-refractivity contribution in [2.75, 3.05) is 0 Å². The van der Waals surface area contributed by atoms with Gasteiger partial charge in [0.25, 0.3) is 0 Å². The summed E-state index contributed by atoms with van der Waals surface area (Å²) in [5.74, 6) is 1.33. The monoisotopic (exact) mass is 578 g/mol. The molecule has 0 aromatic heterocycles. The highest BCUT2D eigenvalue weighted by molar-refractivity contribution is 6.25. The van der Waals surface area contributed by atoms with Crippen LogP contribution < -0.4 is 4.74 Å². The van der Waals surface area contributed by atoms with E-state index in [1.807, 2.05) is 91.0 Å². The Kier molecular flexibility index (Phi) is 3.72. The molecule has 0 radical (unpaired) electrons. The molecule has 0 saturated heterocycles. The van der Waals surface area contributed by atoms with E-state index in [2.05, 4.69) is 6.07 Å². The number of hydrogen-bond acceptors (Lipinski definition) is 1. The van der Waals surface area contributed by atoms with Crippen LogP contribution in [0.4, 0.5) is 0 Å². The van der Waals surface area contributed by atoms with E-state index in [4.69, 9.17) is 13.0 Å². The van der Waals surface area contributed by atoms with E-state index in [9.17, 15) is 2.74 Å². The molecule has 0 saturated carbocycles. The lowest BCUT2D eigenvalue weighted by Crippen LogP contribution is -1.97. The summed E-state index contributed by atoms with van der Waals surface area (Å²) in [7, 11) is 0. The predicted molar refractivity (Wildman–Crippen MR) is 189 cm³/mol. The van der Waals surface area contributed by atoms with Crippen LogP contribution in [0.15, 0.2) is 158 Å². The van der Waals surface area contributed by atoms with Crippen molar-refractivity contribution < 1.29 is 15.7 Å². The van der Waals surface area contributed by atoms with Crippen LogP contribution in [-0.4, -0.2) is 0 Å². The van der Waals surface area contributed by atoms with Gasteiger partial charge in [-0.1, -0.05) is 133 Å². The third-order valence-corrected chi connectivity index (χ3v) is 8.97. The molecule has 1 heterocycles. The van der Waals surface area contributed by atoms with Gasteiger partial charge < -0.3 is 4.74 Å². The van der Waals surface area contributed by atoms with E-state index < -0.39 is 24.2 Å². The second-order valence-electron chi connectivity index (χ2n) is 11.4. The topological polar surface area (TPSA) is 9.23 Å². The lowest BCUT2D eigenvalue weighted by molar-refractivity contribution is 0.487. The highest BCUT2D eigenvalue weighted by Crippen LogP contribution is 2.48. The Hall–Kier alpha value is -5.92. The Balaban J connectivity index is 1.26. The summed E-state index contributed by atoms with van der Waals surface area (Å²) in [5, 5.41) is 7.37. The molecule has 1 heteroatoms. The van der Waals surface area contributed by atoms with Gasteiger partial charge in [-0.05, 0) is 101 Å². The molecule has 208 valence electrons. The Morgan fingerprint density at radius 2 is 0.956 bits per heavy atom. The van der Waals surface area contributed by atoms with Crippen LogP contribution in [0.1, 0.15) is 11.0 Å². The Bertz CT molecular complexity index is 3060. The summed E-state index contributed by atoms with van der Waals surface area (Å²) < 4.78 is 79.6. The van der Waals surface area contributed by atoms with Gasteiger partial charge in [0.1, 0.15) is 11.5 Å². The zero-order chi connectivity index (χ0) is 36.4. The first kappa shape index (κ1) is 18.0. The third-order valence-electron chi connectivity index (χ3n) is 8.97. The summed E-state index contributed by atoms with van der Waals surface area (Å²) >= 11 is 0. The molecule has 0 fully saturated rings. The molecule has 0 N–H and O–H groups in total. The van der Waals surface area contributed by atoms with Gasteiger partial charge in [0.15, 0.2) is 0 Å². The zero-order valence-corrected chi connectivity index (χ0v) is 23.8. The fraction of sp³-hybridized carbons (Fsp3) is 0. The van der Waals surface area contributed by atoms with Crippen molar-refractivity contribution in [1.29, 1.82) is 0 Å². The largest absolute Gasteiger partial charge is 0.456 e. The number of rotatable bonds is 3. The molecule has 0 aliphatic carbocycles. The SMILES string of the molecule is [2H]c1c([2H])c(-c2c([2H])c([2H])c([2H])c(-c3ccc4ccc5cccc6ccc3c4c56)c2[2H])c([2H])c(-c2ccc3c4c(cccc24)-c2ccccc2O3)c1[2H]. The van der Waals surface area contributed by atoms with Crippen molar-refractivity contribution in [3.8, 4) is 56.0 Å². The van der Waals surface area contributed by atoms with Crippen molar-refractivity contribution in [2.24, 2.45) is 0 Å². The van der Waals surface area contributed by atoms with E-state index in [-0.39, 0.29) is 46.4 Å². The summed E-state index contributed by atoms with van der Waals surface area (Å²) in [6.45, 7) is 0. The Labute approximate surface area is 272 Å². The van der Waals surface area contributed by atoms with Crippen molar-refractivity contribution in [2.45, 2.75) is 0 Å². The first-order valence-corrected chi connectivity index (χ1v) is 14.9. The van der Waals surface area contributed by atoms with E-state index in [1.165, 1.54) is 0 Å². The molecule has 0 amide bonds. The molecule has 9 aromatic carbocycles. The minimum absolute atomic E-state index is 0.0770. The average Bonchev–Trinajstić information content (AvgIpc) is 3.18. The summed E-state index contributed by atoms with van der Waals surface area (Å²) in [6.07, 6.45) is 0. The minimum atomic E-state index is -0.482. The molecule has 45 heavy (non-hydrogen) atoms. The van der Waals surface area contributed by atoms with Gasteiger partial charge in [-0.15, -0.1) is 0 Å². The molecule has 0 atom stereocenters. The number of hydrogen-bond donors (Lipinski definition) is 0. The maximum Gasteiger partial charge on any atom is 0.135 e. The highest BCUT2D eigenvalue weighted by atomic mass is 16.5. The van der Waals surface area contributed by atoms with Crippen molar-refractivity contribution >= 4 is 43.1 Å². The molecule has 0 unspecified atom stereocenters. The number of para-hydroxylation sites is 1. The first-order valence-electron chi connectivity index (χ1n) is 18.9. The number of fused-ring (bicyclic) bond motifs is 2. The van der Waals surface area contributed by atoms with Crippen LogP contribution >= 0.6 is 0 Å². The van der Waals surface area contributed by atoms with Gasteiger partial charge in [-0.25, -0.2) is 0 Å². The van der Waals surface area contributed by atoms with Crippen LogP contribution in [0.5, 0.6) is 11.5 Å². The van der Waals surface area contributed by atoms with Gasteiger partial charge >= 0.3 is 0 Å². The molecule has 0 spiro atoms. The van der Waals surface area contributed by atoms with E-state index in [0.29, 0.717) is 28.0 Å². The van der Waals surface area contributed by atoms with Crippen LogP contribution in [0.25, 0.3) is 87.6 Å². The molecule has 1 aliphatic rings. The molecular weight excluding hydrogens is 544 g/mol. The van der Waals surface area contributed by atoms with E-state index in [0.717, 1.165) is 48.8 Å².